The van der Waals surface area contributed by atoms with Gasteiger partial charge in [-0.25, -0.2) is 0 Å². The maximum absolute atomic E-state index is 10.4. The second kappa shape index (κ2) is 7.46. The number of aliphatic hydroxyl groups is 1. The van der Waals surface area contributed by atoms with Crippen molar-refractivity contribution in [3.8, 4) is 5.75 Å². The molecular formula is C21H26N2O2. The summed E-state index contributed by atoms with van der Waals surface area (Å²) >= 11 is 0. The zero-order valence-corrected chi connectivity index (χ0v) is 14.5. The SMILES string of the molecule is OC(COc1ccccc1)CN1C[C@@H]2C[C@H](C1)N(c1ccccc1)C2. The second-order valence-electron chi connectivity index (χ2n) is 7.24. The minimum absolute atomic E-state index is 0.345. The second-order valence-corrected chi connectivity index (χ2v) is 7.24. The molecule has 2 heterocycles. The predicted molar refractivity (Wildman–Crippen MR) is 100 cm³/mol. The molecule has 4 nitrogen and oxygen atoms in total. The third-order valence-corrected chi connectivity index (χ3v) is 5.23. The molecule has 1 N–H and O–H groups in total. The minimum atomic E-state index is -0.456. The summed E-state index contributed by atoms with van der Waals surface area (Å²) in [6.07, 6.45) is 0.810. The number of para-hydroxylation sites is 2. The van der Waals surface area contributed by atoms with Crippen LogP contribution in [0.25, 0.3) is 0 Å². The normalized spacial score (nSPS) is 24.3. The molecule has 0 saturated carbocycles. The molecule has 2 aliphatic rings. The number of hydrogen-bond donors (Lipinski definition) is 1. The summed E-state index contributed by atoms with van der Waals surface area (Å²) in [5, 5.41) is 10.4. The molecule has 0 amide bonds. The van der Waals surface area contributed by atoms with Crippen LogP contribution in [0.5, 0.6) is 5.75 Å². The smallest absolute Gasteiger partial charge is 0.119 e. The Morgan fingerprint density at radius 2 is 1.68 bits per heavy atom. The number of benzene rings is 2. The molecule has 2 aliphatic heterocycles. The van der Waals surface area contributed by atoms with Crippen molar-refractivity contribution < 1.29 is 9.84 Å². The largest absolute Gasteiger partial charge is 0.491 e. The summed E-state index contributed by atoms with van der Waals surface area (Å²) < 4.78 is 5.68. The Morgan fingerprint density at radius 1 is 0.960 bits per heavy atom. The average molecular weight is 338 g/mol. The van der Waals surface area contributed by atoms with Crippen LogP contribution in [0, 0.1) is 5.92 Å². The van der Waals surface area contributed by atoms with E-state index in [1.165, 1.54) is 12.1 Å². The Balaban J connectivity index is 1.30. The lowest BCUT2D eigenvalue weighted by Crippen LogP contribution is -2.46. The van der Waals surface area contributed by atoms with Gasteiger partial charge in [-0.05, 0) is 36.6 Å². The molecule has 4 rings (SSSR count). The highest BCUT2D eigenvalue weighted by Gasteiger charge is 2.38. The number of β-amino-alcohol motifs (C(OH)–C–C–N with tert-alkyl or cyclic N) is 1. The first-order valence-electron chi connectivity index (χ1n) is 9.18. The van der Waals surface area contributed by atoms with Crippen LogP contribution < -0.4 is 9.64 Å². The van der Waals surface area contributed by atoms with Crippen LogP contribution in [-0.4, -0.2) is 54.9 Å². The van der Waals surface area contributed by atoms with Gasteiger partial charge >= 0.3 is 0 Å². The molecule has 2 saturated heterocycles. The van der Waals surface area contributed by atoms with Gasteiger partial charge in [0, 0.05) is 37.9 Å². The summed E-state index contributed by atoms with van der Waals surface area (Å²) in [6.45, 7) is 4.25. The number of fused-ring (bicyclic) bond motifs is 2. The highest BCUT2D eigenvalue weighted by molar-refractivity contribution is 5.48. The van der Waals surface area contributed by atoms with Crippen LogP contribution in [0.3, 0.4) is 0 Å². The lowest BCUT2D eigenvalue weighted by Gasteiger charge is -2.34. The van der Waals surface area contributed by atoms with Gasteiger partial charge in [0.1, 0.15) is 18.5 Å². The van der Waals surface area contributed by atoms with Gasteiger partial charge in [-0.15, -0.1) is 0 Å². The third-order valence-electron chi connectivity index (χ3n) is 5.23. The van der Waals surface area contributed by atoms with Crippen molar-refractivity contribution in [2.75, 3.05) is 37.7 Å². The number of anilines is 1. The van der Waals surface area contributed by atoms with Crippen molar-refractivity contribution >= 4 is 5.69 Å². The molecular weight excluding hydrogens is 312 g/mol. The summed E-state index contributed by atoms with van der Waals surface area (Å²) in [4.78, 5) is 4.94. The standard InChI is InChI=1S/C21H26N2O2/c24-20(16-25-21-9-5-2-6-10-21)15-22-12-17-11-19(14-22)23(13-17)18-7-3-1-4-8-18/h1-10,17,19-20,24H,11-16H2/t17-,19+,20?/m0/s1. The number of ether oxygens (including phenoxy) is 1. The summed E-state index contributed by atoms with van der Waals surface area (Å²) in [5.74, 6) is 1.51. The van der Waals surface area contributed by atoms with Crippen molar-refractivity contribution in [2.24, 2.45) is 5.92 Å². The molecule has 2 aromatic rings. The zero-order chi connectivity index (χ0) is 17.1. The molecule has 0 aromatic heterocycles. The molecule has 2 fully saturated rings. The molecule has 0 aliphatic carbocycles. The van der Waals surface area contributed by atoms with E-state index in [0.29, 0.717) is 25.1 Å². The van der Waals surface area contributed by atoms with E-state index in [0.717, 1.165) is 25.4 Å². The number of piperidine rings is 1. The fourth-order valence-electron chi connectivity index (χ4n) is 4.20. The van der Waals surface area contributed by atoms with E-state index in [1.54, 1.807) is 0 Å². The topological polar surface area (TPSA) is 35.9 Å². The number of likely N-dealkylation sites (tertiary alicyclic amines) is 1. The van der Waals surface area contributed by atoms with Crippen LogP contribution in [0.2, 0.25) is 0 Å². The highest BCUT2D eigenvalue weighted by Crippen LogP contribution is 2.33. The van der Waals surface area contributed by atoms with Crippen LogP contribution in [0.4, 0.5) is 5.69 Å². The maximum Gasteiger partial charge on any atom is 0.119 e. The highest BCUT2D eigenvalue weighted by atomic mass is 16.5. The van der Waals surface area contributed by atoms with Crippen LogP contribution >= 0.6 is 0 Å². The first kappa shape index (κ1) is 16.4. The van der Waals surface area contributed by atoms with Gasteiger partial charge in [-0.3, -0.25) is 4.90 Å². The zero-order valence-electron chi connectivity index (χ0n) is 14.5. The van der Waals surface area contributed by atoms with E-state index in [2.05, 4.69) is 40.1 Å². The number of aliphatic hydroxyl groups excluding tert-OH is 1. The molecule has 1 unspecified atom stereocenters. The first-order chi connectivity index (χ1) is 12.3. The minimum Gasteiger partial charge on any atom is -0.491 e. The van der Waals surface area contributed by atoms with E-state index < -0.39 is 6.10 Å². The fourth-order valence-corrected chi connectivity index (χ4v) is 4.20. The lowest BCUT2D eigenvalue weighted by atomic mass is 9.99. The molecule has 132 valence electrons. The third kappa shape index (κ3) is 3.97. The van der Waals surface area contributed by atoms with E-state index in [9.17, 15) is 5.11 Å². The van der Waals surface area contributed by atoms with Crippen molar-refractivity contribution in [2.45, 2.75) is 18.6 Å². The molecule has 0 radical (unpaired) electrons. The van der Waals surface area contributed by atoms with E-state index in [4.69, 9.17) is 4.74 Å². The number of nitrogens with zero attached hydrogens (tertiary/aromatic N) is 2. The monoisotopic (exact) mass is 338 g/mol. The van der Waals surface area contributed by atoms with Crippen molar-refractivity contribution in [3.63, 3.8) is 0 Å². The average Bonchev–Trinajstić information content (AvgIpc) is 2.96. The molecule has 25 heavy (non-hydrogen) atoms. The van der Waals surface area contributed by atoms with Crippen LogP contribution in [0.15, 0.2) is 60.7 Å². The lowest BCUT2D eigenvalue weighted by molar-refractivity contribution is 0.0559. The van der Waals surface area contributed by atoms with Gasteiger partial charge in [-0.2, -0.15) is 0 Å². The fraction of sp³-hybridized carbons (Fsp3) is 0.429. The Bertz CT molecular complexity index is 664. The number of hydrogen-bond acceptors (Lipinski definition) is 4. The van der Waals surface area contributed by atoms with Gasteiger partial charge in [0.15, 0.2) is 0 Å². The van der Waals surface area contributed by atoms with Gasteiger partial charge in [-0.1, -0.05) is 36.4 Å². The quantitative estimate of drug-likeness (QED) is 0.878. The molecule has 2 bridgehead atoms. The summed E-state index contributed by atoms with van der Waals surface area (Å²) in [7, 11) is 0. The summed E-state index contributed by atoms with van der Waals surface area (Å²) in [6, 6.07) is 21.0. The molecule has 0 spiro atoms. The van der Waals surface area contributed by atoms with E-state index in [-0.39, 0.29) is 0 Å². The van der Waals surface area contributed by atoms with Crippen molar-refractivity contribution in [1.29, 1.82) is 0 Å². The summed E-state index contributed by atoms with van der Waals surface area (Å²) in [5.41, 5.74) is 1.32. The van der Waals surface area contributed by atoms with Crippen molar-refractivity contribution in [1.82, 2.24) is 4.90 Å². The van der Waals surface area contributed by atoms with Crippen LogP contribution in [0.1, 0.15) is 6.42 Å². The van der Waals surface area contributed by atoms with Gasteiger partial charge in [0.05, 0.1) is 0 Å². The Morgan fingerprint density at radius 3 is 2.44 bits per heavy atom. The van der Waals surface area contributed by atoms with Gasteiger partial charge in [0.25, 0.3) is 0 Å². The Labute approximate surface area is 149 Å². The molecule has 2 aromatic carbocycles. The number of rotatable bonds is 6. The van der Waals surface area contributed by atoms with Crippen LogP contribution in [-0.2, 0) is 0 Å². The molecule has 3 atom stereocenters. The Kier molecular flexibility index (Phi) is 4.90. The predicted octanol–water partition coefficient (Wildman–Crippen LogP) is 2.64. The van der Waals surface area contributed by atoms with E-state index >= 15 is 0 Å². The van der Waals surface area contributed by atoms with Crippen molar-refractivity contribution in [3.05, 3.63) is 60.7 Å². The molecule has 4 heteroatoms. The first-order valence-corrected chi connectivity index (χ1v) is 9.18. The van der Waals surface area contributed by atoms with E-state index in [1.807, 2.05) is 30.3 Å². The van der Waals surface area contributed by atoms with Gasteiger partial charge in [0.2, 0.25) is 0 Å². The Hall–Kier alpha value is -2.04. The maximum atomic E-state index is 10.4. The van der Waals surface area contributed by atoms with Gasteiger partial charge < -0.3 is 14.7 Å².